The molecule has 0 fully saturated rings. The van der Waals surface area contributed by atoms with E-state index in [1.54, 1.807) is 12.1 Å². The molecule has 0 spiro atoms. The van der Waals surface area contributed by atoms with Gasteiger partial charge in [-0.1, -0.05) is 23.7 Å². The van der Waals surface area contributed by atoms with Crippen LogP contribution in [0.1, 0.15) is 12.0 Å². The second-order valence-corrected chi connectivity index (χ2v) is 4.85. The van der Waals surface area contributed by atoms with Gasteiger partial charge in [0.15, 0.2) is 0 Å². The maximum absolute atomic E-state index is 12.9. The summed E-state index contributed by atoms with van der Waals surface area (Å²) in [7, 11) is 0. The van der Waals surface area contributed by atoms with Gasteiger partial charge in [0.05, 0.1) is 17.8 Å². The molecule has 1 amide bonds. The smallest absolute Gasteiger partial charge is 0.253 e. The molecule has 0 saturated carbocycles. The first-order chi connectivity index (χ1) is 9.63. The third-order valence-electron chi connectivity index (χ3n) is 3.00. The van der Waals surface area contributed by atoms with E-state index in [9.17, 15) is 9.18 Å². The molecule has 1 aliphatic heterocycles. The van der Waals surface area contributed by atoms with Gasteiger partial charge < -0.3 is 0 Å². The zero-order chi connectivity index (χ0) is 14.1. The van der Waals surface area contributed by atoms with Gasteiger partial charge in [-0.2, -0.15) is 5.10 Å². The number of hydrogen-bond acceptors (Lipinski definition) is 2. The molecule has 5 heteroatoms. The van der Waals surface area contributed by atoms with Crippen LogP contribution in [0.15, 0.2) is 53.6 Å². The number of hydrogen-bond donors (Lipinski definition) is 0. The third-order valence-corrected chi connectivity index (χ3v) is 3.24. The summed E-state index contributed by atoms with van der Waals surface area (Å²) in [6.45, 7) is 0. The van der Waals surface area contributed by atoms with Crippen LogP contribution in [0.2, 0.25) is 5.02 Å². The lowest BCUT2D eigenvalue weighted by Gasteiger charge is -2.10. The highest BCUT2D eigenvalue weighted by atomic mass is 35.5. The molecule has 0 unspecified atom stereocenters. The lowest BCUT2D eigenvalue weighted by Crippen LogP contribution is -2.19. The standard InChI is InChI=1S/C15H10ClFN2O/c16-11-3-1-2-10(8-11)14-9-15(20)19(18-14)13-6-4-12(17)5-7-13/h1-8H,9H2. The van der Waals surface area contributed by atoms with Crippen LogP contribution in [-0.2, 0) is 4.79 Å². The van der Waals surface area contributed by atoms with E-state index in [-0.39, 0.29) is 18.1 Å². The van der Waals surface area contributed by atoms with Crippen LogP contribution in [0.25, 0.3) is 0 Å². The van der Waals surface area contributed by atoms with Crippen LogP contribution in [0.3, 0.4) is 0 Å². The van der Waals surface area contributed by atoms with Gasteiger partial charge in [0.25, 0.3) is 5.91 Å². The fourth-order valence-electron chi connectivity index (χ4n) is 2.04. The van der Waals surface area contributed by atoms with Crippen molar-refractivity contribution in [1.29, 1.82) is 0 Å². The van der Waals surface area contributed by atoms with Crippen molar-refractivity contribution in [2.75, 3.05) is 5.01 Å². The van der Waals surface area contributed by atoms with Gasteiger partial charge in [-0.15, -0.1) is 0 Å². The zero-order valence-corrected chi connectivity index (χ0v) is 11.1. The molecule has 3 rings (SSSR count). The summed E-state index contributed by atoms with van der Waals surface area (Å²) < 4.78 is 12.9. The minimum absolute atomic E-state index is 0.147. The predicted octanol–water partition coefficient (Wildman–Crippen LogP) is 3.62. The first-order valence-corrected chi connectivity index (χ1v) is 6.43. The monoisotopic (exact) mass is 288 g/mol. The van der Waals surface area contributed by atoms with Gasteiger partial charge in [0, 0.05) is 5.02 Å². The van der Waals surface area contributed by atoms with Crippen LogP contribution < -0.4 is 5.01 Å². The average molecular weight is 289 g/mol. The molecule has 1 heterocycles. The summed E-state index contributed by atoms with van der Waals surface area (Å²) >= 11 is 5.94. The summed E-state index contributed by atoms with van der Waals surface area (Å²) in [6, 6.07) is 12.8. The number of amides is 1. The number of nitrogens with zero attached hydrogens (tertiary/aromatic N) is 2. The summed E-state index contributed by atoms with van der Waals surface area (Å²) in [5.74, 6) is -0.494. The molecule has 2 aromatic rings. The van der Waals surface area contributed by atoms with Gasteiger partial charge in [-0.25, -0.2) is 9.40 Å². The number of carbonyl (C=O) groups is 1. The molecule has 1 aliphatic rings. The second-order valence-electron chi connectivity index (χ2n) is 4.42. The lowest BCUT2D eigenvalue weighted by atomic mass is 10.1. The van der Waals surface area contributed by atoms with E-state index in [1.165, 1.54) is 29.3 Å². The van der Waals surface area contributed by atoms with E-state index < -0.39 is 0 Å². The number of anilines is 1. The first-order valence-electron chi connectivity index (χ1n) is 6.05. The molecule has 0 saturated heterocycles. The number of hydrazone groups is 1. The quantitative estimate of drug-likeness (QED) is 0.831. The van der Waals surface area contributed by atoms with Crippen molar-refractivity contribution < 1.29 is 9.18 Å². The Kier molecular flexibility index (Phi) is 3.24. The first kappa shape index (κ1) is 12.8. The Bertz CT molecular complexity index is 697. The van der Waals surface area contributed by atoms with Gasteiger partial charge >= 0.3 is 0 Å². The maximum atomic E-state index is 12.9. The van der Waals surface area contributed by atoms with E-state index in [4.69, 9.17) is 11.6 Å². The fraction of sp³-hybridized carbons (Fsp3) is 0.0667. The highest BCUT2D eigenvalue weighted by Gasteiger charge is 2.26. The molecular formula is C15H10ClFN2O. The summed E-state index contributed by atoms with van der Waals surface area (Å²) in [4.78, 5) is 12.0. The Morgan fingerprint density at radius 1 is 1.15 bits per heavy atom. The molecule has 0 aromatic heterocycles. The largest absolute Gasteiger partial charge is 0.272 e. The number of benzene rings is 2. The van der Waals surface area contributed by atoms with Crippen molar-refractivity contribution in [2.45, 2.75) is 6.42 Å². The molecule has 0 radical (unpaired) electrons. The average Bonchev–Trinajstić information content (AvgIpc) is 2.82. The number of halogens is 2. The summed E-state index contributed by atoms with van der Waals surface area (Å²) in [5.41, 5.74) is 2.02. The Hall–Kier alpha value is -2.20. The van der Waals surface area contributed by atoms with E-state index in [2.05, 4.69) is 5.10 Å². The minimum Gasteiger partial charge on any atom is -0.272 e. The van der Waals surface area contributed by atoms with Crippen LogP contribution in [0.4, 0.5) is 10.1 Å². The normalized spacial score (nSPS) is 14.6. The van der Waals surface area contributed by atoms with Crippen LogP contribution in [0.5, 0.6) is 0 Å². The Balaban J connectivity index is 1.94. The van der Waals surface area contributed by atoms with E-state index >= 15 is 0 Å². The van der Waals surface area contributed by atoms with E-state index in [1.807, 2.05) is 12.1 Å². The lowest BCUT2D eigenvalue weighted by molar-refractivity contribution is -0.116. The van der Waals surface area contributed by atoms with Crippen molar-refractivity contribution in [3.63, 3.8) is 0 Å². The Morgan fingerprint density at radius 2 is 1.90 bits per heavy atom. The van der Waals surface area contributed by atoms with Gasteiger partial charge in [-0.05, 0) is 42.0 Å². The third kappa shape index (κ3) is 2.42. The summed E-state index contributed by atoms with van der Waals surface area (Å²) in [5, 5.41) is 6.18. The molecular weight excluding hydrogens is 279 g/mol. The van der Waals surface area contributed by atoms with Crippen molar-refractivity contribution in [2.24, 2.45) is 5.10 Å². The molecule has 100 valence electrons. The highest BCUT2D eigenvalue weighted by molar-refractivity contribution is 6.31. The van der Waals surface area contributed by atoms with E-state index in [0.29, 0.717) is 16.4 Å². The molecule has 3 nitrogen and oxygen atoms in total. The molecule has 0 atom stereocenters. The molecule has 0 N–H and O–H groups in total. The predicted molar refractivity (Wildman–Crippen MR) is 76.5 cm³/mol. The molecule has 20 heavy (non-hydrogen) atoms. The molecule has 0 bridgehead atoms. The summed E-state index contributed by atoms with van der Waals surface area (Å²) in [6.07, 6.45) is 0.206. The Labute approximate surface area is 120 Å². The fourth-order valence-corrected chi connectivity index (χ4v) is 2.23. The SMILES string of the molecule is O=C1CC(c2cccc(Cl)c2)=NN1c1ccc(F)cc1. The second kappa shape index (κ2) is 5.06. The van der Waals surface area contributed by atoms with Crippen molar-refractivity contribution in [3.8, 4) is 0 Å². The van der Waals surface area contributed by atoms with Gasteiger partial charge in [0.1, 0.15) is 5.82 Å². The van der Waals surface area contributed by atoms with Crippen LogP contribution in [-0.4, -0.2) is 11.6 Å². The molecule has 2 aromatic carbocycles. The van der Waals surface area contributed by atoms with Gasteiger partial charge in [-0.3, -0.25) is 4.79 Å². The van der Waals surface area contributed by atoms with Gasteiger partial charge in [0.2, 0.25) is 0 Å². The maximum Gasteiger partial charge on any atom is 0.253 e. The molecule has 0 aliphatic carbocycles. The topological polar surface area (TPSA) is 32.7 Å². The van der Waals surface area contributed by atoms with Crippen molar-refractivity contribution >= 4 is 28.9 Å². The van der Waals surface area contributed by atoms with E-state index in [0.717, 1.165) is 5.56 Å². The Morgan fingerprint density at radius 3 is 2.60 bits per heavy atom. The highest BCUT2D eigenvalue weighted by Crippen LogP contribution is 2.24. The number of rotatable bonds is 2. The van der Waals surface area contributed by atoms with Crippen molar-refractivity contribution in [3.05, 3.63) is 64.9 Å². The van der Waals surface area contributed by atoms with Crippen LogP contribution in [0, 0.1) is 5.82 Å². The number of carbonyl (C=O) groups excluding carboxylic acids is 1. The van der Waals surface area contributed by atoms with Crippen LogP contribution >= 0.6 is 11.6 Å². The minimum atomic E-state index is -0.348. The van der Waals surface area contributed by atoms with Crippen molar-refractivity contribution in [1.82, 2.24) is 0 Å². The zero-order valence-electron chi connectivity index (χ0n) is 10.4.